The molecule has 2 aromatic heterocycles. The molecule has 1 unspecified atom stereocenters. The van der Waals surface area contributed by atoms with Crippen molar-refractivity contribution in [3.05, 3.63) is 29.0 Å². The summed E-state index contributed by atoms with van der Waals surface area (Å²) in [4.78, 5) is 16.3. The van der Waals surface area contributed by atoms with E-state index in [0.29, 0.717) is 5.75 Å². The molecule has 0 radical (unpaired) electrons. The predicted molar refractivity (Wildman–Crippen MR) is 82.0 cm³/mol. The van der Waals surface area contributed by atoms with E-state index in [4.69, 9.17) is 0 Å². The molecule has 108 valence electrons. The van der Waals surface area contributed by atoms with E-state index in [1.165, 1.54) is 11.8 Å². The molecule has 1 amide bonds. The second-order valence-corrected chi connectivity index (χ2v) is 6.53. The molecule has 2 heterocycles. The second-order valence-electron chi connectivity index (χ2n) is 4.45. The molecule has 0 spiro atoms. The quantitative estimate of drug-likeness (QED) is 0.833. The summed E-state index contributed by atoms with van der Waals surface area (Å²) in [5.74, 6) is 0.414. The zero-order valence-electron chi connectivity index (χ0n) is 11.8. The van der Waals surface area contributed by atoms with Crippen molar-refractivity contribution in [3.63, 3.8) is 0 Å². The van der Waals surface area contributed by atoms with Gasteiger partial charge in [0.05, 0.1) is 17.5 Å². The van der Waals surface area contributed by atoms with E-state index < -0.39 is 0 Å². The van der Waals surface area contributed by atoms with E-state index in [0.717, 1.165) is 22.1 Å². The van der Waals surface area contributed by atoms with Crippen molar-refractivity contribution in [3.8, 4) is 0 Å². The van der Waals surface area contributed by atoms with Crippen molar-refractivity contribution in [2.75, 3.05) is 5.75 Å². The molecular weight excluding hydrogens is 292 g/mol. The third-order valence-corrected chi connectivity index (χ3v) is 5.02. The molecule has 2 aromatic rings. The lowest BCUT2D eigenvalue weighted by Gasteiger charge is -2.17. The number of aryl methyl sites for hydroxylation is 2. The number of carbonyl (C=O) groups excluding carboxylic acids is 1. The molecule has 0 fully saturated rings. The fraction of sp³-hybridized carbons (Fsp3) is 0.462. The standard InChI is InChI=1S/C13H18N4OS2/c1-4-10(11-5-6-14-17(11)3)16-12(18)8-20-13-15-9(2)7-19-13/h5-7,10H,4,8H2,1-3H3,(H,16,18). The van der Waals surface area contributed by atoms with Crippen molar-refractivity contribution >= 4 is 29.0 Å². The Kier molecular flexibility index (Phi) is 5.19. The van der Waals surface area contributed by atoms with Crippen LogP contribution in [-0.2, 0) is 11.8 Å². The third kappa shape index (κ3) is 3.83. The normalized spacial score (nSPS) is 12.3. The maximum Gasteiger partial charge on any atom is 0.230 e. The summed E-state index contributed by atoms with van der Waals surface area (Å²) in [6.07, 6.45) is 2.59. The SMILES string of the molecule is CCC(NC(=O)CSc1nc(C)cs1)c1ccnn1C. The molecular formula is C13H18N4OS2. The molecule has 1 N–H and O–H groups in total. The Morgan fingerprint density at radius 3 is 2.95 bits per heavy atom. The van der Waals surface area contributed by atoms with Gasteiger partial charge in [-0.1, -0.05) is 18.7 Å². The van der Waals surface area contributed by atoms with Gasteiger partial charge in [0.25, 0.3) is 0 Å². The van der Waals surface area contributed by atoms with Crippen molar-refractivity contribution < 1.29 is 4.79 Å². The summed E-state index contributed by atoms with van der Waals surface area (Å²) in [5, 5.41) is 9.17. The Labute approximate surface area is 126 Å². The van der Waals surface area contributed by atoms with Gasteiger partial charge in [0, 0.05) is 24.3 Å². The van der Waals surface area contributed by atoms with Gasteiger partial charge in [0.2, 0.25) is 5.91 Å². The van der Waals surface area contributed by atoms with Crippen LogP contribution in [0.15, 0.2) is 22.0 Å². The van der Waals surface area contributed by atoms with Gasteiger partial charge in [-0.05, 0) is 19.4 Å². The van der Waals surface area contributed by atoms with Crippen molar-refractivity contribution in [2.24, 2.45) is 7.05 Å². The van der Waals surface area contributed by atoms with E-state index in [-0.39, 0.29) is 11.9 Å². The minimum absolute atomic E-state index is 0.00799. The number of aromatic nitrogens is 3. The average Bonchev–Trinajstić information content (AvgIpc) is 3.02. The lowest BCUT2D eigenvalue weighted by Crippen LogP contribution is -2.30. The summed E-state index contributed by atoms with van der Waals surface area (Å²) in [6, 6.07) is 1.94. The summed E-state index contributed by atoms with van der Waals surface area (Å²) in [6.45, 7) is 4.01. The fourth-order valence-electron chi connectivity index (χ4n) is 1.87. The van der Waals surface area contributed by atoms with Crippen LogP contribution < -0.4 is 5.32 Å². The highest BCUT2D eigenvalue weighted by Crippen LogP contribution is 2.22. The smallest absolute Gasteiger partial charge is 0.230 e. The highest BCUT2D eigenvalue weighted by molar-refractivity contribution is 8.01. The molecule has 0 aromatic carbocycles. The molecule has 1 atom stereocenters. The number of hydrogen-bond acceptors (Lipinski definition) is 5. The highest BCUT2D eigenvalue weighted by atomic mass is 32.2. The maximum atomic E-state index is 12.0. The number of hydrogen-bond donors (Lipinski definition) is 1. The Balaban J connectivity index is 1.88. The molecule has 0 bridgehead atoms. The largest absolute Gasteiger partial charge is 0.347 e. The molecule has 0 aliphatic heterocycles. The number of thioether (sulfide) groups is 1. The van der Waals surface area contributed by atoms with Gasteiger partial charge in [-0.2, -0.15) is 5.10 Å². The third-order valence-electron chi connectivity index (χ3n) is 2.88. The van der Waals surface area contributed by atoms with Crippen LogP contribution >= 0.6 is 23.1 Å². The summed E-state index contributed by atoms with van der Waals surface area (Å²) < 4.78 is 2.73. The Bertz CT molecular complexity index is 578. The first-order chi connectivity index (χ1) is 9.60. The van der Waals surface area contributed by atoms with Crippen LogP contribution in [0.4, 0.5) is 0 Å². The molecule has 5 nitrogen and oxygen atoms in total. The first-order valence-corrected chi connectivity index (χ1v) is 8.29. The van der Waals surface area contributed by atoms with Crippen LogP contribution in [0.5, 0.6) is 0 Å². The van der Waals surface area contributed by atoms with E-state index in [9.17, 15) is 4.79 Å². The fourth-order valence-corrected chi connectivity index (χ4v) is 3.53. The molecule has 2 rings (SSSR count). The van der Waals surface area contributed by atoms with Gasteiger partial charge in [0.1, 0.15) is 0 Å². The van der Waals surface area contributed by atoms with E-state index in [2.05, 4.69) is 22.3 Å². The van der Waals surface area contributed by atoms with Gasteiger partial charge in [-0.25, -0.2) is 4.98 Å². The highest BCUT2D eigenvalue weighted by Gasteiger charge is 2.16. The number of rotatable bonds is 6. The van der Waals surface area contributed by atoms with E-state index in [1.54, 1.807) is 22.2 Å². The van der Waals surface area contributed by atoms with Gasteiger partial charge in [0.15, 0.2) is 4.34 Å². The molecule has 0 saturated heterocycles. The average molecular weight is 310 g/mol. The zero-order chi connectivity index (χ0) is 14.5. The predicted octanol–water partition coefficient (Wildman–Crippen LogP) is 2.54. The van der Waals surface area contributed by atoms with E-state index in [1.807, 2.05) is 25.4 Å². The second kappa shape index (κ2) is 6.90. The van der Waals surface area contributed by atoms with Crippen LogP contribution in [0.1, 0.15) is 30.8 Å². The lowest BCUT2D eigenvalue weighted by molar-refractivity contribution is -0.119. The first kappa shape index (κ1) is 15.1. The van der Waals surface area contributed by atoms with E-state index >= 15 is 0 Å². The summed E-state index contributed by atoms with van der Waals surface area (Å²) >= 11 is 3.05. The van der Waals surface area contributed by atoms with Gasteiger partial charge in [-0.3, -0.25) is 9.48 Å². The molecule has 0 aliphatic rings. The van der Waals surface area contributed by atoms with Crippen LogP contribution in [0, 0.1) is 6.92 Å². The van der Waals surface area contributed by atoms with Gasteiger partial charge < -0.3 is 5.32 Å². The first-order valence-electron chi connectivity index (χ1n) is 6.42. The summed E-state index contributed by atoms with van der Waals surface area (Å²) in [5.41, 5.74) is 2.02. The topological polar surface area (TPSA) is 59.8 Å². The Morgan fingerprint density at radius 1 is 1.60 bits per heavy atom. The molecule has 7 heteroatoms. The number of nitrogens with zero attached hydrogens (tertiary/aromatic N) is 3. The van der Waals surface area contributed by atoms with Crippen molar-refractivity contribution in [1.82, 2.24) is 20.1 Å². The molecule has 0 aliphatic carbocycles. The maximum absolute atomic E-state index is 12.0. The van der Waals surface area contributed by atoms with Crippen LogP contribution in [0.2, 0.25) is 0 Å². The molecule has 0 saturated carbocycles. The number of thiazole rings is 1. The summed E-state index contributed by atoms with van der Waals surface area (Å²) in [7, 11) is 1.89. The minimum atomic E-state index is 0.00799. The van der Waals surface area contributed by atoms with Crippen LogP contribution in [0.25, 0.3) is 0 Å². The lowest BCUT2D eigenvalue weighted by atomic mass is 10.1. The monoisotopic (exact) mass is 310 g/mol. The van der Waals surface area contributed by atoms with Gasteiger partial charge in [-0.15, -0.1) is 11.3 Å². The zero-order valence-corrected chi connectivity index (χ0v) is 13.4. The Morgan fingerprint density at radius 2 is 2.40 bits per heavy atom. The number of nitrogens with one attached hydrogen (secondary N) is 1. The number of amides is 1. The van der Waals surface area contributed by atoms with Gasteiger partial charge >= 0.3 is 0 Å². The molecule has 20 heavy (non-hydrogen) atoms. The minimum Gasteiger partial charge on any atom is -0.347 e. The van der Waals surface area contributed by atoms with Crippen molar-refractivity contribution in [1.29, 1.82) is 0 Å². The van der Waals surface area contributed by atoms with Crippen molar-refractivity contribution in [2.45, 2.75) is 30.6 Å². The Hall–Kier alpha value is -1.34. The number of carbonyl (C=O) groups is 1. The van der Waals surface area contributed by atoms with Crippen LogP contribution in [-0.4, -0.2) is 26.4 Å². The van der Waals surface area contributed by atoms with Crippen LogP contribution in [0.3, 0.4) is 0 Å².